The number of nitrogens with one attached hydrogen (secondary N) is 2. The average molecular weight is 632 g/mol. The van der Waals surface area contributed by atoms with Crippen molar-refractivity contribution in [2.75, 3.05) is 10.0 Å². The number of benzene rings is 5. The zero-order valence-corrected chi connectivity index (χ0v) is 24.1. The molecule has 5 rings (SSSR count). The van der Waals surface area contributed by atoms with Crippen LogP contribution in [0.4, 0.5) is 11.4 Å². The molecular weight excluding hydrogens is 614 g/mol. The van der Waals surface area contributed by atoms with Gasteiger partial charge in [-0.2, -0.15) is 0 Å². The van der Waals surface area contributed by atoms with E-state index >= 15 is 0 Å². The summed E-state index contributed by atoms with van der Waals surface area (Å²) in [5.41, 5.74) is 0.404. The predicted molar refractivity (Wildman–Crippen MR) is 162 cm³/mol. The van der Waals surface area contributed by atoms with Crippen molar-refractivity contribution in [3.63, 3.8) is 0 Å². The van der Waals surface area contributed by atoms with Crippen LogP contribution in [-0.4, -0.2) is 14.3 Å². The number of fused-ring (bicyclic) bond motifs is 1. The van der Waals surface area contributed by atoms with Crippen LogP contribution in [0.1, 0.15) is 10.4 Å². The molecular formula is C29H18Cl4N2O4S. The quantitative estimate of drug-likeness (QED) is 0.187. The molecule has 5 aromatic carbocycles. The van der Waals surface area contributed by atoms with Crippen LogP contribution in [0, 0.1) is 0 Å². The Balaban J connectivity index is 1.37. The number of hydrogen-bond acceptors (Lipinski definition) is 4. The van der Waals surface area contributed by atoms with Crippen LogP contribution < -0.4 is 14.8 Å². The van der Waals surface area contributed by atoms with Gasteiger partial charge in [-0.3, -0.25) is 9.52 Å². The van der Waals surface area contributed by atoms with E-state index in [0.29, 0.717) is 27.2 Å². The van der Waals surface area contributed by atoms with Gasteiger partial charge in [-0.05, 0) is 72.8 Å². The summed E-state index contributed by atoms with van der Waals surface area (Å²) in [5.74, 6) is 0.325. The van der Waals surface area contributed by atoms with E-state index in [1.165, 1.54) is 48.5 Å². The number of carbonyl (C=O) groups excluding carboxylic acids is 1. The lowest BCUT2D eigenvalue weighted by Gasteiger charge is -2.15. The third-order valence-electron chi connectivity index (χ3n) is 5.84. The van der Waals surface area contributed by atoms with Crippen LogP contribution in [0.3, 0.4) is 0 Å². The van der Waals surface area contributed by atoms with Crippen molar-refractivity contribution in [1.82, 2.24) is 0 Å². The number of carbonyl (C=O) groups is 1. The molecule has 5 aromatic rings. The summed E-state index contributed by atoms with van der Waals surface area (Å²) in [6.45, 7) is 0. The molecule has 0 unspecified atom stereocenters. The molecule has 0 heterocycles. The van der Waals surface area contributed by atoms with E-state index < -0.39 is 15.9 Å². The Morgan fingerprint density at radius 3 is 2.08 bits per heavy atom. The van der Waals surface area contributed by atoms with Crippen LogP contribution in [0.5, 0.6) is 11.5 Å². The lowest BCUT2D eigenvalue weighted by Crippen LogP contribution is -2.18. The molecule has 0 radical (unpaired) electrons. The van der Waals surface area contributed by atoms with Crippen molar-refractivity contribution < 1.29 is 17.9 Å². The summed E-state index contributed by atoms with van der Waals surface area (Å²) in [6.07, 6.45) is 0. The van der Waals surface area contributed by atoms with Gasteiger partial charge in [0.15, 0.2) is 0 Å². The predicted octanol–water partition coefficient (Wildman–Crippen LogP) is 9.30. The fraction of sp³-hybridized carbons (Fsp3) is 0. The standard InChI is InChI=1S/C29H18Cl4N2O4S/c30-17-5-9-20(10-6-17)40(37,38)35-26-12-7-18(31)15-23(26)29(36)34-19-8-13-28(25(33)16-19)39-27-14-11-24(32)21-3-1-2-4-22(21)27/h1-16,35H,(H,34,36). The molecule has 0 aliphatic rings. The molecule has 202 valence electrons. The normalized spacial score (nSPS) is 11.3. The highest BCUT2D eigenvalue weighted by Gasteiger charge is 2.20. The fourth-order valence-electron chi connectivity index (χ4n) is 3.91. The number of amides is 1. The highest BCUT2D eigenvalue weighted by atomic mass is 35.5. The van der Waals surface area contributed by atoms with Gasteiger partial charge in [-0.25, -0.2) is 8.42 Å². The second kappa shape index (κ2) is 11.6. The van der Waals surface area contributed by atoms with Crippen LogP contribution in [0.25, 0.3) is 10.8 Å². The van der Waals surface area contributed by atoms with Gasteiger partial charge in [0, 0.05) is 31.5 Å². The molecule has 0 aliphatic carbocycles. The number of ether oxygens (including phenoxy) is 1. The first-order chi connectivity index (χ1) is 19.1. The largest absolute Gasteiger partial charge is 0.455 e. The summed E-state index contributed by atoms with van der Waals surface area (Å²) in [4.78, 5) is 13.2. The summed E-state index contributed by atoms with van der Waals surface area (Å²) in [5, 5.41) is 5.86. The molecule has 40 heavy (non-hydrogen) atoms. The molecule has 0 spiro atoms. The van der Waals surface area contributed by atoms with Crippen molar-refractivity contribution in [2.45, 2.75) is 4.90 Å². The molecule has 2 N–H and O–H groups in total. The van der Waals surface area contributed by atoms with E-state index in [1.54, 1.807) is 24.3 Å². The van der Waals surface area contributed by atoms with Gasteiger partial charge in [0.25, 0.3) is 15.9 Å². The number of sulfonamides is 1. The maximum Gasteiger partial charge on any atom is 0.261 e. The molecule has 1 amide bonds. The Morgan fingerprint density at radius 1 is 0.675 bits per heavy atom. The van der Waals surface area contributed by atoms with Gasteiger partial charge >= 0.3 is 0 Å². The lowest BCUT2D eigenvalue weighted by atomic mass is 10.1. The first-order valence-electron chi connectivity index (χ1n) is 11.6. The summed E-state index contributed by atoms with van der Waals surface area (Å²) < 4.78 is 34.3. The van der Waals surface area contributed by atoms with Gasteiger partial charge < -0.3 is 10.1 Å². The molecule has 0 bridgehead atoms. The second-order valence-electron chi connectivity index (χ2n) is 8.54. The van der Waals surface area contributed by atoms with E-state index in [9.17, 15) is 13.2 Å². The van der Waals surface area contributed by atoms with Gasteiger partial charge in [0.2, 0.25) is 0 Å². The number of rotatable bonds is 7. The fourth-order valence-corrected chi connectivity index (χ4v) is 5.74. The van der Waals surface area contributed by atoms with Gasteiger partial charge in [0.1, 0.15) is 11.5 Å². The second-order valence-corrected chi connectivity index (χ2v) is 11.9. The van der Waals surface area contributed by atoms with Gasteiger partial charge in [0.05, 0.1) is 21.2 Å². The Labute approximate surface area is 250 Å². The molecule has 11 heteroatoms. The Bertz CT molecular complexity index is 1860. The van der Waals surface area contributed by atoms with Crippen LogP contribution in [0.15, 0.2) is 102 Å². The van der Waals surface area contributed by atoms with Crippen molar-refractivity contribution in [1.29, 1.82) is 0 Å². The summed E-state index contributed by atoms with van der Waals surface area (Å²) >= 11 is 24.8. The minimum atomic E-state index is -4.01. The Morgan fingerprint density at radius 2 is 1.35 bits per heavy atom. The summed E-state index contributed by atoms with van der Waals surface area (Å²) in [7, 11) is -4.01. The highest BCUT2D eigenvalue weighted by Crippen LogP contribution is 2.37. The van der Waals surface area contributed by atoms with E-state index in [-0.39, 0.29) is 26.2 Å². The maximum atomic E-state index is 13.2. The van der Waals surface area contributed by atoms with E-state index in [1.807, 2.05) is 24.3 Å². The summed E-state index contributed by atoms with van der Waals surface area (Å²) in [6, 6.07) is 25.7. The van der Waals surface area contributed by atoms with Crippen molar-refractivity contribution in [3.05, 3.63) is 123 Å². The molecule has 0 aromatic heterocycles. The highest BCUT2D eigenvalue weighted by molar-refractivity contribution is 7.92. The third kappa shape index (κ3) is 6.14. The van der Waals surface area contributed by atoms with E-state index in [2.05, 4.69) is 10.0 Å². The number of hydrogen-bond donors (Lipinski definition) is 2. The average Bonchev–Trinajstić information content (AvgIpc) is 2.93. The van der Waals surface area contributed by atoms with Crippen molar-refractivity contribution in [3.8, 4) is 11.5 Å². The Hall–Kier alpha value is -3.46. The first kappa shape index (κ1) is 28.1. The minimum Gasteiger partial charge on any atom is -0.455 e. The monoisotopic (exact) mass is 630 g/mol. The minimum absolute atomic E-state index is 0.00845. The van der Waals surface area contributed by atoms with Crippen LogP contribution in [0.2, 0.25) is 20.1 Å². The molecule has 0 fully saturated rings. The molecule has 6 nitrogen and oxygen atoms in total. The number of halogens is 4. The zero-order valence-electron chi connectivity index (χ0n) is 20.3. The number of anilines is 2. The van der Waals surface area contributed by atoms with Gasteiger partial charge in [-0.15, -0.1) is 0 Å². The Kier molecular flexibility index (Phi) is 8.12. The van der Waals surface area contributed by atoms with Crippen molar-refractivity contribution >= 4 is 84.5 Å². The lowest BCUT2D eigenvalue weighted by molar-refractivity contribution is 0.102. The molecule has 0 saturated heterocycles. The van der Waals surface area contributed by atoms with Crippen LogP contribution in [-0.2, 0) is 10.0 Å². The third-order valence-corrected chi connectivity index (χ3v) is 8.33. The van der Waals surface area contributed by atoms with Crippen molar-refractivity contribution in [2.24, 2.45) is 0 Å². The van der Waals surface area contributed by atoms with Crippen LogP contribution >= 0.6 is 46.4 Å². The molecule has 0 saturated carbocycles. The SMILES string of the molecule is O=C(Nc1ccc(Oc2ccc(Cl)c3ccccc23)c(Cl)c1)c1cc(Cl)ccc1NS(=O)(=O)c1ccc(Cl)cc1. The maximum absolute atomic E-state index is 13.2. The van der Waals surface area contributed by atoms with E-state index in [4.69, 9.17) is 51.1 Å². The molecule has 0 atom stereocenters. The van der Waals surface area contributed by atoms with E-state index in [0.717, 1.165) is 10.8 Å². The zero-order chi connectivity index (χ0) is 28.4. The first-order valence-corrected chi connectivity index (χ1v) is 14.6. The smallest absolute Gasteiger partial charge is 0.261 e. The van der Waals surface area contributed by atoms with Gasteiger partial charge in [-0.1, -0.05) is 70.7 Å². The molecule has 0 aliphatic heterocycles. The topological polar surface area (TPSA) is 84.5 Å².